The summed E-state index contributed by atoms with van der Waals surface area (Å²) in [6.07, 6.45) is 1.29. The van der Waals surface area contributed by atoms with Crippen LogP contribution in [-0.4, -0.2) is 60.5 Å². The molecule has 0 aromatic heterocycles. The van der Waals surface area contributed by atoms with Crippen LogP contribution in [0, 0.1) is 12.3 Å². The molecule has 0 aliphatic carbocycles. The largest absolute Gasteiger partial charge is 0.493 e. The molecule has 3 rings (SSSR count). The van der Waals surface area contributed by atoms with Gasteiger partial charge in [0.2, 0.25) is 0 Å². The molecule has 0 saturated heterocycles. The van der Waals surface area contributed by atoms with Crippen molar-refractivity contribution >= 4 is 27.7 Å². The van der Waals surface area contributed by atoms with Gasteiger partial charge in [0.05, 0.1) is 32.4 Å². The maximum Gasteiger partial charge on any atom is 0.316 e. The number of carbonyl (C=O) groups is 2. The zero-order valence-electron chi connectivity index (χ0n) is 21.3. The van der Waals surface area contributed by atoms with Crippen LogP contribution in [0.1, 0.15) is 32.8 Å². The van der Waals surface area contributed by atoms with E-state index < -0.39 is 33.6 Å². The summed E-state index contributed by atoms with van der Waals surface area (Å²) in [7, 11) is 0.441. The number of benzene rings is 2. The molecule has 3 atom stereocenters. The number of methoxy groups -OCH3 is 2. The molecule has 3 unspecified atom stereocenters. The summed E-state index contributed by atoms with van der Waals surface area (Å²) >= 11 is 0. The molecule has 1 aliphatic heterocycles. The molecule has 1 heterocycles. The van der Waals surface area contributed by atoms with Crippen LogP contribution in [0.2, 0.25) is 0 Å². The highest BCUT2D eigenvalue weighted by Crippen LogP contribution is 2.70. The Balaban J connectivity index is 2.41. The van der Waals surface area contributed by atoms with Crippen LogP contribution in [0.4, 0.5) is 5.69 Å². The number of hydrogen-bond acceptors (Lipinski definition) is 6. The molecular formula is C26H35NO7S. The van der Waals surface area contributed by atoms with Crippen molar-refractivity contribution in [2.45, 2.75) is 55.2 Å². The summed E-state index contributed by atoms with van der Waals surface area (Å²) in [5.41, 5.74) is 1.45. The Morgan fingerprint density at radius 1 is 1.17 bits per heavy atom. The first-order valence-electron chi connectivity index (χ1n) is 11.3. The van der Waals surface area contributed by atoms with Gasteiger partial charge in [-0.15, -0.1) is 0 Å². The van der Waals surface area contributed by atoms with Gasteiger partial charge in [-0.25, -0.2) is 0 Å². The Hall–Kier alpha value is -3.07. The lowest BCUT2D eigenvalue weighted by molar-refractivity contribution is -0.143. The summed E-state index contributed by atoms with van der Waals surface area (Å²) in [6, 6.07) is 9.12. The van der Waals surface area contributed by atoms with E-state index in [1.807, 2.05) is 25.3 Å². The number of aryl methyl sites for hydroxylation is 1. The predicted molar refractivity (Wildman–Crippen MR) is 137 cm³/mol. The van der Waals surface area contributed by atoms with E-state index in [4.69, 9.17) is 14.2 Å². The number of ether oxygens (including phenoxy) is 3. The fraction of sp³-hybridized carbons (Fsp3) is 0.462. The Labute approximate surface area is 207 Å². The summed E-state index contributed by atoms with van der Waals surface area (Å²) < 4.78 is 17.4. The predicted octanol–water partition coefficient (Wildman–Crippen LogP) is 5.01. The highest BCUT2D eigenvalue weighted by molar-refractivity contribution is 8.34. The lowest BCUT2D eigenvalue weighted by Crippen LogP contribution is -2.42. The first-order chi connectivity index (χ1) is 16.3. The van der Waals surface area contributed by atoms with E-state index in [-0.39, 0.29) is 11.5 Å². The van der Waals surface area contributed by atoms with Crippen molar-refractivity contribution in [2.24, 2.45) is 5.41 Å². The number of carboxylic acid groups (broad SMARTS) is 2. The average Bonchev–Trinajstić information content (AvgIpc) is 2.79. The van der Waals surface area contributed by atoms with Gasteiger partial charge >= 0.3 is 11.9 Å². The van der Waals surface area contributed by atoms with Crippen LogP contribution in [0.5, 0.6) is 17.2 Å². The highest BCUT2D eigenvalue weighted by Gasteiger charge is 2.44. The van der Waals surface area contributed by atoms with Gasteiger partial charge in [0.1, 0.15) is 17.6 Å². The van der Waals surface area contributed by atoms with Gasteiger partial charge in [-0.3, -0.25) is 9.59 Å². The maximum atomic E-state index is 12.7. The standard InChI is InChI=1S/C26H35NO7S/c1-15-11-17-23(27-21(14-34-17)26(2,3)4)19(12-15)35(7,20(25(30)31)13-22(28)29)18-10-8-9-16(32-5)24(18)33-6/h8-12,20-21,27H,13-14H2,1-7H3,(H,28,29)(H,30,31). The first-order valence-corrected chi connectivity index (χ1v) is 13.4. The van der Waals surface area contributed by atoms with Crippen LogP contribution < -0.4 is 19.5 Å². The molecule has 3 N–H and O–H groups in total. The smallest absolute Gasteiger partial charge is 0.316 e. The van der Waals surface area contributed by atoms with Crippen LogP contribution >= 0.6 is 10.0 Å². The second-order valence-electron chi connectivity index (χ2n) is 9.91. The minimum absolute atomic E-state index is 0.0323. The Morgan fingerprint density at radius 2 is 1.86 bits per heavy atom. The van der Waals surface area contributed by atoms with Crippen molar-refractivity contribution in [3.63, 3.8) is 0 Å². The van der Waals surface area contributed by atoms with Crippen LogP contribution in [0.15, 0.2) is 40.1 Å². The Bertz CT molecular complexity index is 1130. The van der Waals surface area contributed by atoms with Crippen LogP contribution in [0.3, 0.4) is 0 Å². The summed E-state index contributed by atoms with van der Waals surface area (Å²) in [6.45, 7) is 8.70. The molecule has 0 spiro atoms. The second kappa shape index (κ2) is 9.89. The van der Waals surface area contributed by atoms with Gasteiger partial charge in [-0.05, 0) is 48.4 Å². The number of aliphatic carboxylic acids is 2. The molecule has 0 fully saturated rings. The van der Waals surface area contributed by atoms with Crippen molar-refractivity contribution in [1.82, 2.24) is 0 Å². The lowest BCUT2D eigenvalue weighted by atomic mass is 9.86. The molecule has 0 radical (unpaired) electrons. The zero-order chi connectivity index (χ0) is 26.1. The van der Waals surface area contributed by atoms with Gasteiger partial charge < -0.3 is 29.7 Å². The third-order valence-corrected chi connectivity index (χ3v) is 10.4. The van der Waals surface area contributed by atoms with E-state index in [0.29, 0.717) is 39.3 Å². The van der Waals surface area contributed by atoms with E-state index in [1.54, 1.807) is 18.2 Å². The average molecular weight is 506 g/mol. The zero-order valence-corrected chi connectivity index (χ0v) is 22.1. The van der Waals surface area contributed by atoms with Crippen molar-refractivity contribution in [2.75, 3.05) is 32.4 Å². The van der Waals surface area contributed by atoms with Crippen LogP contribution in [0.25, 0.3) is 0 Å². The van der Waals surface area contributed by atoms with Gasteiger partial charge in [-0.2, -0.15) is 10.0 Å². The van der Waals surface area contributed by atoms with E-state index in [0.717, 1.165) is 5.56 Å². The summed E-state index contributed by atoms with van der Waals surface area (Å²) in [4.78, 5) is 25.9. The third kappa shape index (κ3) is 5.00. The number of hydrogen-bond donors (Lipinski definition) is 3. The number of nitrogens with one attached hydrogen (secondary N) is 1. The number of para-hydroxylation sites is 1. The number of rotatable bonds is 8. The summed E-state index contributed by atoms with van der Waals surface area (Å²) in [5.74, 6) is -0.907. The van der Waals surface area contributed by atoms with E-state index in [1.165, 1.54) is 14.2 Å². The lowest BCUT2D eigenvalue weighted by Gasteiger charge is -2.45. The molecule has 1 aliphatic rings. The number of carboxylic acids is 2. The number of anilines is 1. The molecule has 192 valence electrons. The van der Waals surface area contributed by atoms with Crippen molar-refractivity contribution in [3.05, 3.63) is 35.9 Å². The van der Waals surface area contributed by atoms with Crippen molar-refractivity contribution < 1.29 is 34.0 Å². The molecule has 0 bridgehead atoms. The molecule has 2 aromatic carbocycles. The molecule has 2 aromatic rings. The van der Waals surface area contributed by atoms with E-state index in [9.17, 15) is 19.8 Å². The fourth-order valence-electron chi connectivity index (χ4n) is 4.40. The second-order valence-corrected chi connectivity index (χ2v) is 13.3. The third-order valence-electron chi connectivity index (χ3n) is 6.46. The van der Waals surface area contributed by atoms with Gasteiger partial charge in [0, 0.05) is 9.79 Å². The van der Waals surface area contributed by atoms with Crippen molar-refractivity contribution in [1.29, 1.82) is 0 Å². The molecular weight excluding hydrogens is 470 g/mol. The molecule has 0 amide bonds. The Kier molecular flexibility index (Phi) is 7.50. The van der Waals surface area contributed by atoms with Crippen LogP contribution in [-0.2, 0) is 9.59 Å². The number of fused-ring (bicyclic) bond motifs is 1. The SMILES string of the molecule is COc1cccc(S(C)(c2cc(C)cc3c2NC(C(C)(C)C)CO3)C(CC(=O)O)C(=O)O)c1OC. The minimum Gasteiger partial charge on any atom is -0.493 e. The topological polar surface area (TPSA) is 114 Å². The van der Waals surface area contributed by atoms with Crippen molar-refractivity contribution in [3.8, 4) is 17.2 Å². The highest BCUT2D eigenvalue weighted by atomic mass is 32.3. The summed E-state index contributed by atoms with van der Waals surface area (Å²) in [5, 5.41) is 22.4. The molecule has 0 saturated carbocycles. The van der Waals surface area contributed by atoms with E-state index in [2.05, 4.69) is 26.1 Å². The molecule has 9 heteroatoms. The molecule has 35 heavy (non-hydrogen) atoms. The van der Waals surface area contributed by atoms with Gasteiger partial charge in [0.25, 0.3) is 0 Å². The molecule has 8 nitrogen and oxygen atoms in total. The monoisotopic (exact) mass is 505 g/mol. The first kappa shape index (κ1) is 26.5. The maximum absolute atomic E-state index is 12.7. The normalized spacial score (nSPS) is 18.7. The minimum atomic E-state index is -2.57. The van der Waals surface area contributed by atoms with E-state index >= 15 is 0 Å². The Morgan fingerprint density at radius 3 is 2.40 bits per heavy atom. The quantitative estimate of drug-likeness (QED) is 0.459. The van der Waals surface area contributed by atoms with Gasteiger partial charge in [-0.1, -0.05) is 26.8 Å². The fourth-order valence-corrected chi connectivity index (χ4v) is 8.07. The van der Waals surface area contributed by atoms with Gasteiger partial charge in [0.15, 0.2) is 11.5 Å².